The second-order valence-electron chi connectivity index (χ2n) is 7.34. The largest absolute Gasteiger partial charge is 0.465 e. The van der Waals surface area contributed by atoms with E-state index in [0.717, 1.165) is 24.5 Å². The Balaban J connectivity index is 2.51. The molecule has 2 nitrogen and oxygen atoms in total. The van der Waals surface area contributed by atoms with Crippen LogP contribution in [0.4, 0.5) is 0 Å². The van der Waals surface area contributed by atoms with E-state index in [4.69, 9.17) is 9.47 Å². The minimum atomic E-state index is -0.195. The molecule has 0 bridgehead atoms. The summed E-state index contributed by atoms with van der Waals surface area (Å²) in [5.41, 5.74) is 1.76. The zero-order valence-corrected chi connectivity index (χ0v) is 16.5. The zero-order valence-electron chi connectivity index (χ0n) is 15.7. The van der Waals surface area contributed by atoms with Gasteiger partial charge in [-0.3, -0.25) is 0 Å². The highest BCUT2D eigenvalue weighted by molar-refractivity contribution is 7.98. The molecule has 0 N–H and O–H groups in total. The van der Waals surface area contributed by atoms with Crippen LogP contribution in [0.3, 0.4) is 0 Å². The summed E-state index contributed by atoms with van der Waals surface area (Å²) in [6.45, 7) is 11.9. The Morgan fingerprint density at radius 3 is 2.30 bits per heavy atom. The van der Waals surface area contributed by atoms with E-state index in [1.807, 2.05) is 18.7 Å². The van der Waals surface area contributed by atoms with Crippen molar-refractivity contribution in [3.05, 3.63) is 29.8 Å². The fraction of sp³-hybridized carbons (Fsp3) is 0.700. The van der Waals surface area contributed by atoms with Crippen molar-refractivity contribution >= 4 is 11.8 Å². The normalized spacial score (nSPS) is 14.5. The number of hydrogen-bond donors (Lipinski definition) is 0. The minimum Gasteiger partial charge on any atom is -0.465 e. The van der Waals surface area contributed by atoms with E-state index in [-0.39, 0.29) is 6.29 Å². The summed E-state index contributed by atoms with van der Waals surface area (Å²) in [6.07, 6.45) is 5.37. The van der Waals surface area contributed by atoms with Crippen LogP contribution in [0, 0.1) is 5.41 Å². The zero-order chi connectivity index (χ0) is 17.3. The van der Waals surface area contributed by atoms with E-state index in [2.05, 4.69) is 58.2 Å². The minimum absolute atomic E-state index is 0.195. The van der Waals surface area contributed by atoms with E-state index in [0.29, 0.717) is 11.3 Å². The smallest absolute Gasteiger partial charge is 0.196 e. The average molecular weight is 339 g/mol. The highest BCUT2D eigenvalue weighted by Crippen LogP contribution is 2.34. The molecule has 0 saturated carbocycles. The fourth-order valence-corrected chi connectivity index (χ4v) is 3.14. The third-order valence-corrected chi connectivity index (χ3v) is 4.55. The summed E-state index contributed by atoms with van der Waals surface area (Å²) < 4.78 is 11.5. The van der Waals surface area contributed by atoms with Crippen LogP contribution < -0.4 is 4.74 Å². The third-order valence-electron chi connectivity index (χ3n) is 3.85. The van der Waals surface area contributed by atoms with Crippen molar-refractivity contribution in [1.29, 1.82) is 0 Å². The molecule has 1 rings (SSSR count). The molecule has 0 spiro atoms. The Labute approximate surface area is 147 Å². The van der Waals surface area contributed by atoms with Crippen LogP contribution in [0.5, 0.6) is 5.75 Å². The van der Waals surface area contributed by atoms with Crippen molar-refractivity contribution in [2.45, 2.75) is 66.1 Å². The highest BCUT2D eigenvalue weighted by atomic mass is 32.2. The van der Waals surface area contributed by atoms with Crippen LogP contribution >= 0.6 is 11.8 Å². The van der Waals surface area contributed by atoms with E-state index in [1.54, 1.807) is 0 Å². The Morgan fingerprint density at radius 1 is 1.13 bits per heavy atom. The van der Waals surface area contributed by atoms with Gasteiger partial charge in [0.15, 0.2) is 6.29 Å². The van der Waals surface area contributed by atoms with Gasteiger partial charge in [-0.05, 0) is 67.2 Å². The summed E-state index contributed by atoms with van der Waals surface area (Å²) in [5.74, 6) is 2.63. The standard InChI is InChI=1S/C20H34O2S/c1-7-17(15-20(3,4)5)18-9-11-19(12-10-18)22-16(2)21-13-8-14-23-6/h9-12,16-17H,7-8,13-15H2,1-6H3. The maximum atomic E-state index is 5.83. The number of thioether (sulfide) groups is 1. The summed E-state index contributed by atoms with van der Waals surface area (Å²) in [5, 5.41) is 0. The van der Waals surface area contributed by atoms with Crippen LogP contribution in [0.15, 0.2) is 24.3 Å². The molecule has 0 aliphatic carbocycles. The van der Waals surface area contributed by atoms with Crippen molar-refractivity contribution in [3.8, 4) is 5.75 Å². The molecule has 0 fully saturated rings. The number of ether oxygens (including phenoxy) is 2. The first-order valence-corrected chi connectivity index (χ1v) is 10.1. The highest BCUT2D eigenvalue weighted by Gasteiger charge is 2.19. The van der Waals surface area contributed by atoms with Gasteiger partial charge in [-0.25, -0.2) is 0 Å². The van der Waals surface area contributed by atoms with Crippen LogP contribution in [0.1, 0.15) is 65.4 Å². The molecule has 0 radical (unpaired) electrons. The topological polar surface area (TPSA) is 18.5 Å². The molecule has 132 valence electrons. The van der Waals surface area contributed by atoms with Gasteiger partial charge in [-0.15, -0.1) is 0 Å². The lowest BCUT2D eigenvalue weighted by molar-refractivity contribution is -0.0660. The van der Waals surface area contributed by atoms with Crippen molar-refractivity contribution in [3.63, 3.8) is 0 Å². The van der Waals surface area contributed by atoms with Crippen molar-refractivity contribution < 1.29 is 9.47 Å². The Bertz CT molecular complexity index is 422. The lowest BCUT2D eigenvalue weighted by Gasteiger charge is -2.25. The van der Waals surface area contributed by atoms with Gasteiger partial charge < -0.3 is 9.47 Å². The van der Waals surface area contributed by atoms with Gasteiger partial charge in [0, 0.05) is 0 Å². The van der Waals surface area contributed by atoms with E-state index in [9.17, 15) is 0 Å². The third kappa shape index (κ3) is 8.66. The number of rotatable bonds is 10. The Kier molecular flexibility index (Phi) is 9.08. The van der Waals surface area contributed by atoms with E-state index < -0.39 is 0 Å². The van der Waals surface area contributed by atoms with Gasteiger partial charge >= 0.3 is 0 Å². The average Bonchev–Trinajstić information content (AvgIpc) is 2.49. The predicted molar refractivity (Wildman–Crippen MR) is 103 cm³/mol. The van der Waals surface area contributed by atoms with Gasteiger partial charge in [-0.2, -0.15) is 11.8 Å². The summed E-state index contributed by atoms with van der Waals surface area (Å²) >= 11 is 1.85. The van der Waals surface area contributed by atoms with Gasteiger partial charge in [0.25, 0.3) is 0 Å². The molecule has 0 aromatic heterocycles. The van der Waals surface area contributed by atoms with Gasteiger partial charge in [0.2, 0.25) is 0 Å². The number of hydrogen-bond acceptors (Lipinski definition) is 3. The molecule has 0 aliphatic heterocycles. The van der Waals surface area contributed by atoms with Gasteiger partial charge in [0.05, 0.1) is 6.61 Å². The molecule has 0 saturated heterocycles. The number of benzene rings is 1. The first kappa shape index (κ1) is 20.4. The van der Waals surface area contributed by atoms with E-state index in [1.165, 1.54) is 18.4 Å². The molecular weight excluding hydrogens is 304 g/mol. The van der Waals surface area contributed by atoms with Crippen molar-refractivity contribution in [2.24, 2.45) is 5.41 Å². The molecule has 0 amide bonds. The van der Waals surface area contributed by atoms with Crippen LogP contribution in [-0.2, 0) is 4.74 Å². The van der Waals surface area contributed by atoms with Crippen LogP contribution in [0.25, 0.3) is 0 Å². The molecule has 3 heteroatoms. The molecule has 23 heavy (non-hydrogen) atoms. The second-order valence-corrected chi connectivity index (χ2v) is 8.33. The molecular formula is C20H34O2S. The lowest BCUT2D eigenvalue weighted by Crippen LogP contribution is -2.17. The lowest BCUT2D eigenvalue weighted by atomic mass is 9.80. The van der Waals surface area contributed by atoms with Gasteiger partial charge in [-0.1, -0.05) is 39.8 Å². The molecule has 2 atom stereocenters. The SMILES string of the molecule is CCC(CC(C)(C)C)c1ccc(OC(C)OCCCSC)cc1. The summed E-state index contributed by atoms with van der Waals surface area (Å²) in [7, 11) is 0. The Morgan fingerprint density at radius 2 is 1.78 bits per heavy atom. The van der Waals surface area contributed by atoms with E-state index >= 15 is 0 Å². The predicted octanol–water partition coefficient (Wildman–Crippen LogP) is 6.11. The molecule has 0 aliphatic rings. The fourth-order valence-electron chi connectivity index (χ4n) is 2.73. The van der Waals surface area contributed by atoms with Crippen molar-refractivity contribution in [1.82, 2.24) is 0 Å². The monoisotopic (exact) mass is 338 g/mol. The van der Waals surface area contributed by atoms with Crippen molar-refractivity contribution in [2.75, 3.05) is 18.6 Å². The summed E-state index contributed by atoms with van der Waals surface area (Å²) in [4.78, 5) is 0. The van der Waals surface area contributed by atoms with Crippen LogP contribution in [0.2, 0.25) is 0 Å². The maximum Gasteiger partial charge on any atom is 0.196 e. The maximum absolute atomic E-state index is 5.83. The van der Waals surface area contributed by atoms with Crippen LogP contribution in [-0.4, -0.2) is 24.9 Å². The quantitative estimate of drug-likeness (QED) is 0.379. The summed E-state index contributed by atoms with van der Waals surface area (Å²) in [6, 6.07) is 8.55. The first-order valence-electron chi connectivity index (χ1n) is 8.73. The molecule has 0 heterocycles. The molecule has 2 unspecified atom stereocenters. The molecule has 1 aromatic carbocycles. The second kappa shape index (κ2) is 10.2. The Hall–Kier alpha value is -0.670. The molecule has 1 aromatic rings. The first-order chi connectivity index (χ1) is 10.9. The van der Waals surface area contributed by atoms with Gasteiger partial charge in [0.1, 0.15) is 5.75 Å².